The van der Waals surface area contributed by atoms with E-state index < -0.39 is 15.4 Å². The smallest absolute Gasteiger partial charge is 0.261 e. The molecular formula is C21H27N3O4S. The van der Waals surface area contributed by atoms with Crippen molar-refractivity contribution in [3.05, 3.63) is 54.6 Å². The lowest BCUT2D eigenvalue weighted by atomic mass is 9.96. The lowest BCUT2D eigenvalue weighted by Crippen LogP contribution is -2.35. The molecule has 2 rings (SSSR count). The Hall–Kier alpha value is -2.87. The lowest BCUT2D eigenvalue weighted by molar-refractivity contribution is -0.128. The van der Waals surface area contributed by atoms with E-state index in [0.717, 1.165) is 0 Å². The van der Waals surface area contributed by atoms with E-state index >= 15 is 0 Å². The van der Waals surface area contributed by atoms with Gasteiger partial charge >= 0.3 is 0 Å². The number of hydrogen-bond acceptors (Lipinski definition) is 4. The van der Waals surface area contributed by atoms with E-state index in [1.165, 1.54) is 12.1 Å². The first kappa shape index (κ1) is 22.4. The fourth-order valence-electron chi connectivity index (χ4n) is 2.41. The van der Waals surface area contributed by atoms with Crippen molar-refractivity contribution in [1.82, 2.24) is 5.32 Å². The summed E-state index contributed by atoms with van der Waals surface area (Å²) in [7, 11) is -3.76. The van der Waals surface area contributed by atoms with Crippen molar-refractivity contribution >= 4 is 33.2 Å². The predicted octanol–water partition coefficient (Wildman–Crippen LogP) is 3.37. The van der Waals surface area contributed by atoms with Gasteiger partial charge in [-0.2, -0.15) is 0 Å². The van der Waals surface area contributed by atoms with Crippen molar-refractivity contribution in [3.8, 4) is 0 Å². The first-order valence-electron chi connectivity index (χ1n) is 9.34. The molecule has 2 aromatic carbocycles. The van der Waals surface area contributed by atoms with Crippen LogP contribution in [-0.2, 0) is 19.6 Å². The maximum absolute atomic E-state index is 12.5. The summed E-state index contributed by atoms with van der Waals surface area (Å²) in [4.78, 5) is 24.2. The van der Waals surface area contributed by atoms with Gasteiger partial charge in [-0.1, -0.05) is 51.1 Å². The normalized spacial score (nSPS) is 11.6. The SMILES string of the molecule is CC(C)(C)C(=O)NCCCC(=O)Nc1ccccc1NS(=O)(=O)c1ccccc1. The number of anilines is 2. The Balaban J connectivity index is 1.95. The summed E-state index contributed by atoms with van der Waals surface area (Å²) < 4.78 is 27.6. The molecule has 0 unspecified atom stereocenters. The van der Waals surface area contributed by atoms with Gasteiger partial charge in [-0.15, -0.1) is 0 Å². The van der Waals surface area contributed by atoms with Crippen LogP contribution in [0.4, 0.5) is 11.4 Å². The van der Waals surface area contributed by atoms with Gasteiger partial charge in [0.1, 0.15) is 0 Å². The second-order valence-electron chi connectivity index (χ2n) is 7.62. The molecule has 8 heteroatoms. The molecule has 0 aliphatic heterocycles. The highest BCUT2D eigenvalue weighted by molar-refractivity contribution is 7.92. The average Bonchev–Trinajstić information content (AvgIpc) is 2.66. The molecule has 0 fully saturated rings. The maximum Gasteiger partial charge on any atom is 0.261 e. The third kappa shape index (κ3) is 6.90. The first-order chi connectivity index (χ1) is 13.6. The predicted molar refractivity (Wildman–Crippen MR) is 114 cm³/mol. The summed E-state index contributed by atoms with van der Waals surface area (Å²) in [6.07, 6.45) is 0.676. The summed E-state index contributed by atoms with van der Waals surface area (Å²) in [5, 5.41) is 5.52. The van der Waals surface area contributed by atoms with E-state index in [-0.39, 0.29) is 28.8 Å². The second-order valence-corrected chi connectivity index (χ2v) is 9.30. The van der Waals surface area contributed by atoms with Crippen molar-refractivity contribution < 1.29 is 18.0 Å². The summed E-state index contributed by atoms with van der Waals surface area (Å²) in [6, 6.07) is 14.6. The van der Waals surface area contributed by atoms with Gasteiger partial charge in [0.05, 0.1) is 16.3 Å². The molecule has 0 heterocycles. The first-order valence-corrected chi connectivity index (χ1v) is 10.8. The number of hydrogen-bond donors (Lipinski definition) is 3. The molecule has 29 heavy (non-hydrogen) atoms. The van der Waals surface area contributed by atoms with Gasteiger partial charge in [-0.05, 0) is 30.7 Å². The summed E-state index contributed by atoms with van der Waals surface area (Å²) in [5.41, 5.74) is 0.179. The molecule has 0 atom stereocenters. The molecule has 156 valence electrons. The van der Waals surface area contributed by atoms with Crippen LogP contribution in [0.3, 0.4) is 0 Å². The van der Waals surface area contributed by atoms with Gasteiger partial charge < -0.3 is 10.6 Å². The molecule has 0 saturated carbocycles. The number of sulfonamides is 1. The number of para-hydroxylation sites is 2. The highest BCUT2D eigenvalue weighted by Gasteiger charge is 2.20. The van der Waals surface area contributed by atoms with Gasteiger partial charge in [-0.3, -0.25) is 14.3 Å². The van der Waals surface area contributed by atoms with E-state index in [4.69, 9.17) is 0 Å². The molecular weight excluding hydrogens is 390 g/mol. The number of carbonyl (C=O) groups excluding carboxylic acids is 2. The zero-order valence-electron chi connectivity index (χ0n) is 16.9. The van der Waals surface area contributed by atoms with Crippen LogP contribution >= 0.6 is 0 Å². The highest BCUT2D eigenvalue weighted by Crippen LogP contribution is 2.24. The van der Waals surface area contributed by atoms with E-state index in [1.807, 2.05) is 20.8 Å². The van der Waals surface area contributed by atoms with Crippen molar-refractivity contribution in [2.45, 2.75) is 38.5 Å². The van der Waals surface area contributed by atoms with Gasteiger partial charge in [-0.25, -0.2) is 8.42 Å². The van der Waals surface area contributed by atoms with Crippen molar-refractivity contribution in [2.75, 3.05) is 16.6 Å². The zero-order valence-corrected chi connectivity index (χ0v) is 17.7. The molecule has 3 N–H and O–H groups in total. The minimum Gasteiger partial charge on any atom is -0.356 e. The average molecular weight is 418 g/mol. The summed E-state index contributed by atoms with van der Waals surface area (Å²) in [5.74, 6) is -0.333. The number of nitrogens with one attached hydrogen (secondary N) is 3. The Morgan fingerprint density at radius 2 is 1.48 bits per heavy atom. The summed E-state index contributed by atoms with van der Waals surface area (Å²) >= 11 is 0. The van der Waals surface area contributed by atoms with Crippen molar-refractivity contribution in [3.63, 3.8) is 0 Å². The molecule has 2 amide bonds. The Bertz CT molecular complexity index is 951. The third-order valence-electron chi connectivity index (χ3n) is 4.05. The maximum atomic E-state index is 12.5. The molecule has 2 aromatic rings. The lowest BCUT2D eigenvalue weighted by Gasteiger charge is -2.17. The van der Waals surface area contributed by atoms with Gasteiger partial charge in [0, 0.05) is 18.4 Å². The van der Waals surface area contributed by atoms with E-state index in [0.29, 0.717) is 18.7 Å². The molecule has 0 spiro atoms. The van der Waals surface area contributed by atoms with Crippen molar-refractivity contribution in [2.24, 2.45) is 5.41 Å². The van der Waals surface area contributed by atoms with E-state index in [2.05, 4.69) is 15.4 Å². The molecule has 0 aliphatic carbocycles. The van der Waals surface area contributed by atoms with Gasteiger partial charge in [0.25, 0.3) is 10.0 Å². The largest absolute Gasteiger partial charge is 0.356 e. The number of amides is 2. The van der Waals surface area contributed by atoms with E-state index in [1.54, 1.807) is 42.5 Å². The van der Waals surface area contributed by atoms with Crippen LogP contribution in [0.1, 0.15) is 33.6 Å². The van der Waals surface area contributed by atoms with E-state index in [9.17, 15) is 18.0 Å². The molecule has 0 aliphatic rings. The second kappa shape index (κ2) is 9.56. The zero-order chi connectivity index (χ0) is 21.5. The van der Waals surface area contributed by atoms with Crippen LogP contribution in [-0.4, -0.2) is 26.8 Å². The Morgan fingerprint density at radius 3 is 2.10 bits per heavy atom. The third-order valence-corrected chi connectivity index (χ3v) is 5.43. The van der Waals surface area contributed by atoms with Crippen LogP contribution in [0.15, 0.2) is 59.5 Å². The fourth-order valence-corrected chi connectivity index (χ4v) is 3.51. The van der Waals surface area contributed by atoms with Crippen LogP contribution in [0.2, 0.25) is 0 Å². The Morgan fingerprint density at radius 1 is 0.897 bits per heavy atom. The fraction of sp³-hybridized carbons (Fsp3) is 0.333. The number of rotatable bonds is 8. The Kier molecular flexibility index (Phi) is 7.39. The molecule has 0 bridgehead atoms. The van der Waals surface area contributed by atoms with Crippen molar-refractivity contribution in [1.29, 1.82) is 0 Å². The molecule has 0 saturated heterocycles. The molecule has 0 radical (unpaired) electrons. The van der Waals surface area contributed by atoms with Crippen LogP contribution in [0.25, 0.3) is 0 Å². The minimum absolute atomic E-state index is 0.0708. The monoisotopic (exact) mass is 417 g/mol. The number of benzene rings is 2. The molecule has 7 nitrogen and oxygen atoms in total. The Labute approximate surface area is 172 Å². The number of carbonyl (C=O) groups is 2. The van der Waals surface area contributed by atoms with Crippen LogP contribution in [0.5, 0.6) is 0 Å². The summed E-state index contributed by atoms with van der Waals surface area (Å²) in [6.45, 7) is 5.86. The quantitative estimate of drug-likeness (QED) is 0.573. The van der Waals surface area contributed by atoms with Gasteiger partial charge in [0.2, 0.25) is 11.8 Å². The van der Waals surface area contributed by atoms with Crippen LogP contribution < -0.4 is 15.4 Å². The highest BCUT2D eigenvalue weighted by atomic mass is 32.2. The molecule has 0 aromatic heterocycles. The standard InChI is InChI=1S/C21H27N3O4S/c1-21(2,3)20(26)22-15-9-14-19(25)23-17-12-7-8-13-18(17)24-29(27,28)16-10-5-4-6-11-16/h4-8,10-13,24H,9,14-15H2,1-3H3,(H,22,26)(H,23,25). The van der Waals surface area contributed by atoms with Gasteiger partial charge in [0.15, 0.2) is 0 Å². The topological polar surface area (TPSA) is 104 Å². The minimum atomic E-state index is -3.76. The van der Waals surface area contributed by atoms with Crippen LogP contribution in [0, 0.1) is 5.41 Å².